The predicted molar refractivity (Wildman–Crippen MR) is 115 cm³/mol. The van der Waals surface area contributed by atoms with Crippen LogP contribution in [0.5, 0.6) is 5.75 Å². The molecule has 0 aliphatic rings. The third-order valence-electron chi connectivity index (χ3n) is 4.59. The highest BCUT2D eigenvalue weighted by Gasteiger charge is 2.15. The Balaban J connectivity index is 1.52. The molecular formula is C23H21BrN2O2. The second-order valence-electron chi connectivity index (χ2n) is 6.71. The van der Waals surface area contributed by atoms with Crippen LogP contribution in [0.3, 0.4) is 0 Å². The molecule has 0 saturated carbocycles. The van der Waals surface area contributed by atoms with E-state index in [1.165, 1.54) is 5.56 Å². The zero-order valence-electron chi connectivity index (χ0n) is 15.3. The summed E-state index contributed by atoms with van der Waals surface area (Å²) in [5.41, 5.74) is 3.16. The maximum atomic E-state index is 10.6. The van der Waals surface area contributed by atoms with Gasteiger partial charge in [0.15, 0.2) is 0 Å². The second-order valence-corrected chi connectivity index (χ2v) is 7.62. The zero-order chi connectivity index (χ0) is 19.3. The van der Waals surface area contributed by atoms with Gasteiger partial charge in [0, 0.05) is 10.9 Å². The summed E-state index contributed by atoms with van der Waals surface area (Å²) in [6.07, 6.45) is 0.0753. The molecule has 0 spiro atoms. The highest BCUT2D eigenvalue weighted by molar-refractivity contribution is 9.10. The molecule has 0 bridgehead atoms. The first-order valence-electron chi connectivity index (χ1n) is 9.23. The highest BCUT2D eigenvalue weighted by atomic mass is 79.9. The number of aliphatic hydroxyl groups is 1. The quantitative estimate of drug-likeness (QED) is 0.451. The van der Waals surface area contributed by atoms with Crippen molar-refractivity contribution in [2.75, 3.05) is 6.61 Å². The van der Waals surface area contributed by atoms with Crippen molar-refractivity contribution in [1.82, 2.24) is 9.55 Å². The van der Waals surface area contributed by atoms with Crippen molar-refractivity contribution in [3.05, 3.63) is 94.7 Å². The van der Waals surface area contributed by atoms with Crippen LogP contribution >= 0.6 is 15.9 Å². The summed E-state index contributed by atoms with van der Waals surface area (Å²) in [6, 6.07) is 25.9. The molecule has 0 aliphatic heterocycles. The van der Waals surface area contributed by atoms with Crippen LogP contribution in [0.4, 0.5) is 0 Å². The molecule has 1 heterocycles. The molecule has 3 aromatic carbocycles. The fourth-order valence-corrected chi connectivity index (χ4v) is 3.49. The molecule has 0 aliphatic carbocycles. The average Bonchev–Trinajstić information content (AvgIpc) is 3.05. The Morgan fingerprint density at radius 2 is 1.64 bits per heavy atom. The number of para-hydroxylation sites is 2. The summed E-state index contributed by atoms with van der Waals surface area (Å²) in [5, 5.41) is 10.6. The Morgan fingerprint density at radius 3 is 2.43 bits per heavy atom. The summed E-state index contributed by atoms with van der Waals surface area (Å²) in [5.74, 6) is 1.68. The number of fused-ring (bicyclic) bond motifs is 1. The molecule has 0 unspecified atom stereocenters. The molecule has 4 nitrogen and oxygen atoms in total. The van der Waals surface area contributed by atoms with E-state index >= 15 is 0 Å². The minimum atomic E-state index is -0.643. The molecule has 28 heavy (non-hydrogen) atoms. The first-order valence-corrected chi connectivity index (χ1v) is 10.0. The van der Waals surface area contributed by atoms with E-state index < -0.39 is 6.10 Å². The van der Waals surface area contributed by atoms with Gasteiger partial charge in [-0.25, -0.2) is 4.98 Å². The van der Waals surface area contributed by atoms with E-state index in [0.29, 0.717) is 6.54 Å². The lowest BCUT2D eigenvalue weighted by Crippen LogP contribution is -2.24. The van der Waals surface area contributed by atoms with Crippen molar-refractivity contribution < 1.29 is 9.84 Å². The van der Waals surface area contributed by atoms with Crippen LogP contribution < -0.4 is 4.74 Å². The van der Waals surface area contributed by atoms with Crippen LogP contribution in [0.25, 0.3) is 11.0 Å². The largest absolute Gasteiger partial charge is 0.491 e. The topological polar surface area (TPSA) is 47.3 Å². The van der Waals surface area contributed by atoms with Crippen LogP contribution in [0.15, 0.2) is 83.3 Å². The Bertz CT molecular complexity index is 1050. The van der Waals surface area contributed by atoms with E-state index in [1.54, 1.807) is 0 Å². The first-order chi connectivity index (χ1) is 13.7. The number of benzene rings is 3. The number of ether oxygens (including phenoxy) is 1. The summed E-state index contributed by atoms with van der Waals surface area (Å²) in [7, 11) is 0. The van der Waals surface area contributed by atoms with Gasteiger partial charge in [-0.3, -0.25) is 0 Å². The lowest BCUT2D eigenvalue weighted by atomic mass is 10.1. The van der Waals surface area contributed by atoms with Crippen molar-refractivity contribution in [2.24, 2.45) is 0 Å². The number of hydrogen-bond donors (Lipinski definition) is 1. The van der Waals surface area contributed by atoms with Crippen LogP contribution in [0.2, 0.25) is 0 Å². The number of nitrogens with zero attached hydrogens (tertiary/aromatic N) is 2. The van der Waals surface area contributed by atoms with Gasteiger partial charge in [-0.15, -0.1) is 0 Å². The van der Waals surface area contributed by atoms with Crippen molar-refractivity contribution in [3.8, 4) is 5.75 Å². The summed E-state index contributed by atoms with van der Waals surface area (Å²) < 4.78 is 8.83. The monoisotopic (exact) mass is 436 g/mol. The maximum absolute atomic E-state index is 10.6. The molecule has 5 heteroatoms. The van der Waals surface area contributed by atoms with E-state index in [-0.39, 0.29) is 6.61 Å². The molecule has 1 N–H and O–H groups in total. The van der Waals surface area contributed by atoms with E-state index in [2.05, 4.69) is 32.6 Å². The molecular weight excluding hydrogens is 416 g/mol. The molecule has 0 fully saturated rings. The molecule has 4 rings (SSSR count). The number of halogens is 1. The maximum Gasteiger partial charge on any atom is 0.119 e. The van der Waals surface area contributed by atoms with Gasteiger partial charge in [0.05, 0.1) is 17.6 Å². The molecule has 0 saturated heterocycles. The van der Waals surface area contributed by atoms with Gasteiger partial charge in [-0.2, -0.15) is 0 Å². The minimum Gasteiger partial charge on any atom is -0.491 e. The van der Waals surface area contributed by atoms with Crippen molar-refractivity contribution in [3.63, 3.8) is 0 Å². The number of aliphatic hydroxyl groups excluding tert-OH is 1. The van der Waals surface area contributed by atoms with Crippen molar-refractivity contribution >= 4 is 27.0 Å². The standard InChI is InChI=1S/C23H21BrN2O2/c24-18-10-12-20(13-11-18)28-16-19(27)15-26-22-9-5-4-8-21(22)25-23(26)14-17-6-2-1-3-7-17/h1-13,19,27H,14-16H2/t19-/m1/s1. The highest BCUT2D eigenvalue weighted by Crippen LogP contribution is 2.20. The summed E-state index contributed by atoms with van der Waals surface area (Å²) in [4.78, 5) is 4.79. The second kappa shape index (κ2) is 8.59. The van der Waals surface area contributed by atoms with Crippen LogP contribution in [-0.4, -0.2) is 27.4 Å². The fraction of sp³-hybridized carbons (Fsp3) is 0.174. The third kappa shape index (κ3) is 4.43. The van der Waals surface area contributed by atoms with Gasteiger partial charge in [0.2, 0.25) is 0 Å². The molecule has 4 aromatic rings. The van der Waals surface area contributed by atoms with Crippen molar-refractivity contribution in [1.29, 1.82) is 0 Å². The Morgan fingerprint density at radius 1 is 0.929 bits per heavy atom. The summed E-state index contributed by atoms with van der Waals surface area (Å²) >= 11 is 3.41. The Hall–Kier alpha value is -2.63. The number of rotatable bonds is 7. The number of hydrogen-bond acceptors (Lipinski definition) is 3. The minimum absolute atomic E-state index is 0.221. The Labute approximate surface area is 172 Å². The molecule has 0 radical (unpaired) electrons. The molecule has 1 atom stereocenters. The van der Waals surface area contributed by atoms with Gasteiger partial charge in [0.1, 0.15) is 24.3 Å². The third-order valence-corrected chi connectivity index (χ3v) is 5.12. The zero-order valence-corrected chi connectivity index (χ0v) is 16.9. The van der Waals surface area contributed by atoms with Crippen LogP contribution in [0.1, 0.15) is 11.4 Å². The number of aromatic nitrogens is 2. The van der Waals surface area contributed by atoms with E-state index in [4.69, 9.17) is 9.72 Å². The lowest BCUT2D eigenvalue weighted by molar-refractivity contribution is 0.0928. The fourth-order valence-electron chi connectivity index (χ4n) is 3.23. The van der Waals surface area contributed by atoms with Crippen molar-refractivity contribution in [2.45, 2.75) is 19.1 Å². The molecule has 1 aromatic heterocycles. The van der Waals surface area contributed by atoms with Crippen LogP contribution in [0, 0.1) is 0 Å². The average molecular weight is 437 g/mol. The molecule has 0 amide bonds. The first kappa shape index (κ1) is 18.7. The van der Waals surface area contributed by atoms with Gasteiger partial charge >= 0.3 is 0 Å². The van der Waals surface area contributed by atoms with Crippen LogP contribution in [-0.2, 0) is 13.0 Å². The predicted octanol–water partition coefficient (Wildman–Crippen LogP) is 4.83. The smallest absolute Gasteiger partial charge is 0.119 e. The van der Waals surface area contributed by atoms with E-state index in [1.807, 2.05) is 66.7 Å². The normalized spacial score (nSPS) is 12.2. The lowest BCUT2D eigenvalue weighted by Gasteiger charge is -2.16. The summed E-state index contributed by atoms with van der Waals surface area (Å²) in [6.45, 7) is 0.651. The molecule has 142 valence electrons. The van der Waals surface area contributed by atoms with Gasteiger partial charge < -0.3 is 14.4 Å². The SMILES string of the molecule is O[C@@H](COc1ccc(Br)cc1)Cn1c(Cc2ccccc2)nc2ccccc21. The van der Waals surface area contributed by atoms with E-state index in [0.717, 1.165) is 33.5 Å². The van der Waals surface area contributed by atoms with Gasteiger partial charge in [-0.05, 0) is 42.0 Å². The Kier molecular flexibility index (Phi) is 5.74. The van der Waals surface area contributed by atoms with Gasteiger partial charge in [-0.1, -0.05) is 58.4 Å². The number of imidazole rings is 1. The van der Waals surface area contributed by atoms with E-state index in [9.17, 15) is 5.11 Å². The van der Waals surface area contributed by atoms with Gasteiger partial charge in [0.25, 0.3) is 0 Å².